The second kappa shape index (κ2) is 9.60. The van der Waals surface area contributed by atoms with Gasteiger partial charge < -0.3 is 15.5 Å². The van der Waals surface area contributed by atoms with Crippen LogP contribution in [0.4, 0.5) is 4.39 Å². The van der Waals surface area contributed by atoms with Gasteiger partial charge in [-0.25, -0.2) is 4.39 Å². The number of piperidine rings is 2. The van der Waals surface area contributed by atoms with Crippen molar-refractivity contribution in [1.82, 2.24) is 15.5 Å². The van der Waals surface area contributed by atoms with Crippen LogP contribution >= 0.6 is 11.8 Å². The number of thioether (sulfide) groups is 1. The van der Waals surface area contributed by atoms with E-state index in [2.05, 4.69) is 29.5 Å². The van der Waals surface area contributed by atoms with Gasteiger partial charge in [0.15, 0.2) is 5.96 Å². The van der Waals surface area contributed by atoms with Gasteiger partial charge in [-0.3, -0.25) is 4.99 Å². The first-order chi connectivity index (χ1) is 12.7. The molecule has 0 spiro atoms. The number of hydrogen-bond acceptors (Lipinski definition) is 3. The van der Waals surface area contributed by atoms with Crippen molar-refractivity contribution in [1.29, 1.82) is 0 Å². The molecule has 2 aliphatic rings. The van der Waals surface area contributed by atoms with Crippen LogP contribution in [0.3, 0.4) is 0 Å². The summed E-state index contributed by atoms with van der Waals surface area (Å²) in [5.74, 6) is 1.52. The normalized spacial score (nSPS) is 26.6. The van der Waals surface area contributed by atoms with Crippen molar-refractivity contribution in [3.05, 3.63) is 30.1 Å². The van der Waals surface area contributed by atoms with E-state index in [9.17, 15) is 4.39 Å². The molecule has 144 valence electrons. The van der Waals surface area contributed by atoms with Crippen molar-refractivity contribution in [3.8, 4) is 0 Å². The van der Waals surface area contributed by atoms with Crippen LogP contribution in [0.15, 0.2) is 34.2 Å². The smallest absolute Gasteiger partial charge is 0.191 e. The molecule has 0 radical (unpaired) electrons. The fourth-order valence-corrected chi connectivity index (χ4v) is 4.91. The maximum Gasteiger partial charge on any atom is 0.191 e. The molecule has 0 saturated carbocycles. The lowest BCUT2D eigenvalue weighted by atomic mass is 9.82. The van der Waals surface area contributed by atoms with Gasteiger partial charge >= 0.3 is 0 Å². The number of fused-ring (bicyclic) bond motifs is 2. The fourth-order valence-electron chi connectivity index (χ4n) is 4.12. The Kier molecular flexibility index (Phi) is 7.20. The van der Waals surface area contributed by atoms with Crippen molar-refractivity contribution in [2.75, 3.05) is 25.9 Å². The van der Waals surface area contributed by atoms with E-state index in [0.717, 1.165) is 18.3 Å². The number of benzene rings is 1. The maximum absolute atomic E-state index is 13.7. The molecule has 2 fully saturated rings. The van der Waals surface area contributed by atoms with Crippen molar-refractivity contribution in [3.63, 3.8) is 0 Å². The summed E-state index contributed by atoms with van der Waals surface area (Å²) in [5.41, 5.74) is 0. The van der Waals surface area contributed by atoms with E-state index in [0.29, 0.717) is 29.6 Å². The minimum absolute atomic E-state index is 0.149. The first-order valence-corrected chi connectivity index (χ1v) is 10.8. The Morgan fingerprint density at radius 2 is 2.00 bits per heavy atom. The van der Waals surface area contributed by atoms with Gasteiger partial charge in [-0.2, -0.15) is 0 Å². The van der Waals surface area contributed by atoms with Crippen molar-refractivity contribution >= 4 is 17.7 Å². The second-order valence-electron chi connectivity index (χ2n) is 7.26. The summed E-state index contributed by atoms with van der Waals surface area (Å²) in [6.45, 7) is 3.62. The molecule has 2 heterocycles. The molecule has 0 aromatic heterocycles. The third-order valence-electron chi connectivity index (χ3n) is 5.48. The number of rotatable bonds is 6. The first-order valence-electron chi connectivity index (χ1n) is 9.81. The summed E-state index contributed by atoms with van der Waals surface area (Å²) in [6.07, 6.45) is 6.40. The summed E-state index contributed by atoms with van der Waals surface area (Å²) < 4.78 is 13.7. The van der Waals surface area contributed by atoms with Gasteiger partial charge in [0.05, 0.1) is 6.54 Å². The van der Waals surface area contributed by atoms with Gasteiger partial charge in [-0.1, -0.05) is 18.6 Å². The Labute approximate surface area is 161 Å². The van der Waals surface area contributed by atoms with Crippen LogP contribution in [-0.4, -0.2) is 54.9 Å². The van der Waals surface area contributed by atoms with E-state index in [4.69, 9.17) is 4.99 Å². The molecule has 6 heteroatoms. The predicted octanol–water partition coefficient (Wildman–Crippen LogP) is 3.49. The lowest BCUT2D eigenvalue weighted by molar-refractivity contribution is 0.0526. The molecule has 3 rings (SSSR count). The van der Waals surface area contributed by atoms with Crippen molar-refractivity contribution < 1.29 is 4.39 Å². The van der Waals surface area contributed by atoms with Gasteiger partial charge in [0.2, 0.25) is 0 Å². The lowest BCUT2D eigenvalue weighted by Crippen LogP contribution is -2.56. The summed E-state index contributed by atoms with van der Waals surface area (Å²) in [5, 5.41) is 7.00. The SMILES string of the molecule is CCNC(=NCCSc1ccccc1F)NC1CC2CCCC(C1)N2C. The Bertz CT molecular complexity index is 595. The van der Waals surface area contributed by atoms with Crippen LogP contribution < -0.4 is 10.6 Å². The molecule has 0 amide bonds. The number of aliphatic imine (C=N–C) groups is 1. The summed E-state index contributed by atoms with van der Waals surface area (Å²) in [4.78, 5) is 7.98. The zero-order valence-electron chi connectivity index (χ0n) is 15.9. The summed E-state index contributed by atoms with van der Waals surface area (Å²) in [7, 11) is 2.28. The molecule has 2 unspecified atom stereocenters. The minimum atomic E-state index is -0.149. The largest absolute Gasteiger partial charge is 0.357 e. The summed E-state index contributed by atoms with van der Waals surface area (Å²) in [6, 6.07) is 8.84. The molecular formula is C20H31FN4S. The van der Waals surface area contributed by atoms with Gasteiger partial charge in [0, 0.05) is 35.3 Å². The van der Waals surface area contributed by atoms with Gasteiger partial charge in [0.1, 0.15) is 5.82 Å². The Balaban J connectivity index is 1.50. The zero-order valence-corrected chi connectivity index (χ0v) is 16.7. The van der Waals surface area contributed by atoms with Gasteiger partial charge in [-0.05, 0) is 51.8 Å². The first kappa shape index (κ1) is 19.5. The highest BCUT2D eigenvalue weighted by molar-refractivity contribution is 7.99. The molecule has 4 nitrogen and oxygen atoms in total. The second-order valence-corrected chi connectivity index (χ2v) is 8.39. The highest BCUT2D eigenvalue weighted by atomic mass is 32.2. The molecule has 0 aliphatic carbocycles. The molecule has 2 bridgehead atoms. The highest BCUT2D eigenvalue weighted by Gasteiger charge is 2.36. The average Bonchev–Trinajstić information content (AvgIpc) is 2.61. The molecule has 2 N–H and O–H groups in total. The van der Waals surface area contributed by atoms with Crippen LogP contribution in [0, 0.1) is 5.82 Å². The molecular weight excluding hydrogens is 347 g/mol. The van der Waals surface area contributed by atoms with Crippen LogP contribution in [-0.2, 0) is 0 Å². The quantitative estimate of drug-likeness (QED) is 0.344. The van der Waals surface area contributed by atoms with E-state index >= 15 is 0 Å². The summed E-state index contributed by atoms with van der Waals surface area (Å²) >= 11 is 1.52. The topological polar surface area (TPSA) is 39.7 Å². The average molecular weight is 379 g/mol. The fraction of sp³-hybridized carbons (Fsp3) is 0.650. The van der Waals surface area contributed by atoms with E-state index in [-0.39, 0.29) is 5.82 Å². The molecule has 1 aromatic carbocycles. The standard InChI is InChI=1S/C20H31FN4S/c1-3-22-20(23-11-12-26-19-10-5-4-9-18(19)21)24-15-13-16-7-6-8-17(14-15)25(16)2/h4-5,9-10,15-17H,3,6-8,11-14H2,1-2H3,(H2,22,23,24). The van der Waals surface area contributed by atoms with E-state index < -0.39 is 0 Å². The van der Waals surface area contributed by atoms with Gasteiger partial charge in [0.25, 0.3) is 0 Å². The predicted molar refractivity (Wildman–Crippen MR) is 108 cm³/mol. The highest BCUT2D eigenvalue weighted by Crippen LogP contribution is 2.32. The Morgan fingerprint density at radius 3 is 2.69 bits per heavy atom. The van der Waals surface area contributed by atoms with Crippen molar-refractivity contribution in [2.24, 2.45) is 4.99 Å². The number of guanidine groups is 1. The van der Waals surface area contributed by atoms with E-state index in [1.807, 2.05) is 12.1 Å². The van der Waals surface area contributed by atoms with E-state index in [1.165, 1.54) is 49.9 Å². The number of halogens is 1. The molecule has 1 aromatic rings. The third kappa shape index (κ3) is 5.13. The lowest BCUT2D eigenvalue weighted by Gasteiger charge is -2.47. The number of nitrogens with zero attached hydrogens (tertiary/aromatic N) is 2. The van der Waals surface area contributed by atoms with Gasteiger partial charge in [-0.15, -0.1) is 11.8 Å². The molecule has 2 aliphatic heterocycles. The van der Waals surface area contributed by atoms with Crippen LogP contribution in [0.2, 0.25) is 0 Å². The molecule has 2 saturated heterocycles. The zero-order chi connectivity index (χ0) is 18.4. The molecule has 2 atom stereocenters. The third-order valence-corrected chi connectivity index (χ3v) is 6.51. The van der Waals surface area contributed by atoms with Crippen molar-refractivity contribution in [2.45, 2.75) is 62.0 Å². The van der Waals surface area contributed by atoms with E-state index in [1.54, 1.807) is 6.07 Å². The monoisotopic (exact) mass is 378 g/mol. The number of hydrogen-bond donors (Lipinski definition) is 2. The van der Waals surface area contributed by atoms with Crippen LogP contribution in [0.25, 0.3) is 0 Å². The Morgan fingerprint density at radius 1 is 1.27 bits per heavy atom. The Hall–Kier alpha value is -1.27. The molecule has 26 heavy (non-hydrogen) atoms. The number of nitrogens with one attached hydrogen (secondary N) is 2. The van der Waals surface area contributed by atoms with Crippen LogP contribution in [0.5, 0.6) is 0 Å². The minimum Gasteiger partial charge on any atom is -0.357 e. The maximum atomic E-state index is 13.7. The van der Waals surface area contributed by atoms with Crippen LogP contribution in [0.1, 0.15) is 39.0 Å².